The normalized spacial score (nSPS) is 11.1. The number of hydrogen-bond donors (Lipinski definition) is 1. The van der Waals surface area contributed by atoms with E-state index in [1.54, 1.807) is 0 Å². The summed E-state index contributed by atoms with van der Waals surface area (Å²) >= 11 is 0. The molecule has 96 valence electrons. The molecule has 0 saturated heterocycles. The average Bonchev–Trinajstić information content (AvgIpc) is 2.29. The van der Waals surface area contributed by atoms with Crippen LogP contribution >= 0.6 is 0 Å². The Hall–Kier alpha value is -0.970. The predicted molar refractivity (Wildman–Crippen MR) is 67.7 cm³/mol. The molecule has 1 rings (SSSR count). The summed E-state index contributed by atoms with van der Waals surface area (Å²) in [6.07, 6.45) is 0.260. The van der Waals surface area contributed by atoms with Crippen molar-refractivity contribution in [1.29, 1.82) is 0 Å². The van der Waals surface area contributed by atoms with Crippen LogP contribution in [0.3, 0.4) is 0 Å². The molecule has 0 aromatic carbocycles. The van der Waals surface area contributed by atoms with E-state index in [9.17, 15) is 0 Å². The summed E-state index contributed by atoms with van der Waals surface area (Å²) in [4.78, 5) is 4.47. The zero-order valence-corrected chi connectivity index (χ0v) is 10.9. The van der Waals surface area contributed by atoms with Crippen LogP contribution < -0.4 is 5.32 Å². The molecule has 0 aliphatic rings. The van der Waals surface area contributed by atoms with Gasteiger partial charge in [-0.15, -0.1) is 0 Å². The van der Waals surface area contributed by atoms with Crippen molar-refractivity contribution >= 4 is 0 Å². The van der Waals surface area contributed by atoms with Crippen molar-refractivity contribution in [2.75, 3.05) is 20.3 Å². The Morgan fingerprint density at radius 1 is 1.24 bits per heavy atom. The molecule has 0 saturated carbocycles. The van der Waals surface area contributed by atoms with Crippen LogP contribution in [0, 0.1) is 0 Å². The summed E-state index contributed by atoms with van der Waals surface area (Å²) < 4.78 is 10.9. The number of pyridine rings is 1. The molecule has 0 bridgehead atoms. The lowest BCUT2D eigenvalue weighted by Crippen LogP contribution is -2.11. The standard InChI is InChI=1S/C13H22N2O2/c1-11(2)17-8-7-16-10-13-6-4-5-12(15-13)9-14-3/h4-6,11,14H,7-10H2,1-3H3. The van der Waals surface area contributed by atoms with E-state index in [-0.39, 0.29) is 6.10 Å². The van der Waals surface area contributed by atoms with E-state index < -0.39 is 0 Å². The third kappa shape index (κ3) is 6.36. The van der Waals surface area contributed by atoms with Crippen LogP contribution in [0.4, 0.5) is 0 Å². The van der Waals surface area contributed by atoms with Crippen molar-refractivity contribution in [3.63, 3.8) is 0 Å². The van der Waals surface area contributed by atoms with Crippen molar-refractivity contribution in [3.8, 4) is 0 Å². The lowest BCUT2D eigenvalue weighted by Gasteiger charge is -2.08. The van der Waals surface area contributed by atoms with Gasteiger partial charge in [-0.3, -0.25) is 4.98 Å². The average molecular weight is 238 g/mol. The molecule has 0 fully saturated rings. The largest absolute Gasteiger partial charge is 0.376 e. The Kier molecular flexibility index (Phi) is 6.77. The number of nitrogens with one attached hydrogen (secondary N) is 1. The lowest BCUT2D eigenvalue weighted by molar-refractivity contribution is 0.0135. The van der Waals surface area contributed by atoms with Crippen molar-refractivity contribution < 1.29 is 9.47 Å². The van der Waals surface area contributed by atoms with E-state index in [1.165, 1.54) is 0 Å². The SMILES string of the molecule is CNCc1cccc(COCCOC(C)C)n1. The maximum absolute atomic E-state index is 5.50. The minimum absolute atomic E-state index is 0.260. The smallest absolute Gasteiger partial charge is 0.0889 e. The molecular weight excluding hydrogens is 216 g/mol. The highest BCUT2D eigenvalue weighted by atomic mass is 16.5. The van der Waals surface area contributed by atoms with Crippen molar-refractivity contribution in [2.45, 2.75) is 33.1 Å². The highest BCUT2D eigenvalue weighted by Crippen LogP contribution is 2.01. The van der Waals surface area contributed by atoms with Gasteiger partial charge in [0.05, 0.1) is 37.3 Å². The summed E-state index contributed by atoms with van der Waals surface area (Å²) in [6.45, 7) is 6.60. The molecule has 0 aliphatic heterocycles. The molecule has 4 heteroatoms. The van der Waals surface area contributed by atoms with E-state index in [1.807, 2.05) is 39.1 Å². The van der Waals surface area contributed by atoms with E-state index in [0.29, 0.717) is 19.8 Å². The fourth-order valence-corrected chi connectivity index (χ4v) is 1.41. The molecule has 0 atom stereocenters. The minimum Gasteiger partial charge on any atom is -0.376 e. The Balaban J connectivity index is 2.24. The van der Waals surface area contributed by atoms with Gasteiger partial charge in [0.15, 0.2) is 0 Å². The molecule has 1 aromatic heterocycles. The quantitative estimate of drug-likeness (QED) is 0.701. The summed E-state index contributed by atoms with van der Waals surface area (Å²) in [5, 5.41) is 3.08. The molecule has 1 heterocycles. The number of nitrogens with zero attached hydrogens (tertiary/aromatic N) is 1. The fourth-order valence-electron chi connectivity index (χ4n) is 1.41. The molecule has 0 amide bonds. The first-order chi connectivity index (χ1) is 8.22. The molecule has 4 nitrogen and oxygen atoms in total. The van der Waals surface area contributed by atoms with Gasteiger partial charge in [0.2, 0.25) is 0 Å². The fraction of sp³-hybridized carbons (Fsp3) is 0.615. The monoisotopic (exact) mass is 238 g/mol. The number of ether oxygens (including phenoxy) is 2. The Labute approximate surface area is 103 Å². The van der Waals surface area contributed by atoms with E-state index in [4.69, 9.17) is 9.47 Å². The van der Waals surface area contributed by atoms with Gasteiger partial charge in [-0.1, -0.05) is 6.07 Å². The third-order valence-electron chi connectivity index (χ3n) is 2.15. The first-order valence-electron chi connectivity index (χ1n) is 6.01. The zero-order chi connectivity index (χ0) is 12.5. The van der Waals surface area contributed by atoms with Crippen molar-refractivity contribution in [1.82, 2.24) is 10.3 Å². The van der Waals surface area contributed by atoms with Crippen LogP contribution in [0.25, 0.3) is 0 Å². The second-order valence-electron chi connectivity index (χ2n) is 4.12. The highest BCUT2D eigenvalue weighted by molar-refractivity contribution is 5.10. The van der Waals surface area contributed by atoms with E-state index >= 15 is 0 Å². The molecule has 0 spiro atoms. The summed E-state index contributed by atoms with van der Waals surface area (Å²) in [7, 11) is 1.91. The van der Waals surface area contributed by atoms with Crippen molar-refractivity contribution in [2.24, 2.45) is 0 Å². The predicted octanol–water partition coefficient (Wildman–Crippen LogP) is 1.74. The Bertz CT molecular complexity index is 316. The molecule has 1 N–H and O–H groups in total. The molecule has 1 aromatic rings. The van der Waals surface area contributed by atoms with Crippen LogP contribution in [-0.4, -0.2) is 31.3 Å². The second-order valence-corrected chi connectivity index (χ2v) is 4.12. The van der Waals surface area contributed by atoms with Gasteiger partial charge >= 0.3 is 0 Å². The van der Waals surface area contributed by atoms with Crippen LogP contribution in [0.15, 0.2) is 18.2 Å². The van der Waals surface area contributed by atoms with E-state index in [0.717, 1.165) is 17.9 Å². The first-order valence-corrected chi connectivity index (χ1v) is 6.01. The number of aromatic nitrogens is 1. The van der Waals surface area contributed by atoms with Crippen LogP contribution in [-0.2, 0) is 22.6 Å². The topological polar surface area (TPSA) is 43.4 Å². The van der Waals surface area contributed by atoms with Gasteiger partial charge < -0.3 is 14.8 Å². The Morgan fingerprint density at radius 2 is 2.00 bits per heavy atom. The molecule has 0 unspecified atom stereocenters. The van der Waals surface area contributed by atoms with E-state index in [2.05, 4.69) is 10.3 Å². The third-order valence-corrected chi connectivity index (χ3v) is 2.15. The van der Waals surface area contributed by atoms with Gasteiger partial charge in [0.25, 0.3) is 0 Å². The lowest BCUT2D eigenvalue weighted by atomic mass is 10.3. The highest BCUT2D eigenvalue weighted by Gasteiger charge is 1.98. The summed E-state index contributed by atoms with van der Waals surface area (Å²) in [6, 6.07) is 5.98. The summed E-state index contributed by atoms with van der Waals surface area (Å²) in [5.41, 5.74) is 1.99. The molecular formula is C13H22N2O2. The van der Waals surface area contributed by atoms with Crippen LogP contribution in [0.2, 0.25) is 0 Å². The Morgan fingerprint density at radius 3 is 2.71 bits per heavy atom. The molecule has 17 heavy (non-hydrogen) atoms. The van der Waals surface area contributed by atoms with Gasteiger partial charge in [-0.05, 0) is 33.0 Å². The molecule has 0 radical (unpaired) electrons. The zero-order valence-electron chi connectivity index (χ0n) is 10.9. The minimum atomic E-state index is 0.260. The van der Waals surface area contributed by atoms with Crippen molar-refractivity contribution in [3.05, 3.63) is 29.6 Å². The van der Waals surface area contributed by atoms with Gasteiger partial charge in [0.1, 0.15) is 0 Å². The van der Waals surface area contributed by atoms with Gasteiger partial charge in [-0.25, -0.2) is 0 Å². The number of rotatable bonds is 8. The van der Waals surface area contributed by atoms with Crippen LogP contribution in [0.1, 0.15) is 25.2 Å². The maximum atomic E-state index is 5.50. The summed E-state index contributed by atoms with van der Waals surface area (Å²) in [5.74, 6) is 0. The molecule has 0 aliphatic carbocycles. The van der Waals surface area contributed by atoms with Gasteiger partial charge in [-0.2, -0.15) is 0 Å². The van der Waals surface area contributed by atoms with Crippen LogP contribution in [0.5, 0.6) is 0 Å². The van der Waals surface area contributed by atoms with Gasteiger partial charge in [0, 0.05) is 6.54 Å². The first kappa shape index (κ1) is 14.1. The maximum Gasteiger partial charge on any atom is 0.0889 e. The second kappa shape index (κ2) is 8.17. The number of hydrogen-bond acceptors (Lipinski definition) is 4.